The number of aryl methyl sites for hydroxylation is 1. The molecule has 1 aromatic carbocycles. The molecule has 1 amide bonds. The van der Waals surface area contributed by atoms with Gasteiger partial charge in [-0.15, -0.1) is 0 Å². The first-order valence-corrected chi connectivity index (χ1v) is 5.13. The lowest BCUT2D eigenvalue weighted by molar-refractivity contribution is -0.115. The fourth-order valence-corrected chi connectivity index (χ4v) is 1.50. The number of carbonyl (C=O) groups is 1. The molecule has 1 heterocycles. The van der Waals surface area contributed by atoms with Gasteiger partial charge < -0.3 is 9.73 Å². The number of benzene rings is 1. The monoisotopic (exact) mass is 215 g/mol. The molecule has 16 heavy (non-hydrogen) atoms. The van der Waals surface area contributed by atoms with Crippen LogP contribution in [0.2, 0.25) is 0 Å². The number of hydrogen-bond donors (Lipinski definition) is 1. The van der Waals surface area contributed by atoms with E-state index in [4.69, 9.17) is 4.42 Å². The quantitative estimate of drug-likeness (QED) is 0.855. The molecule has 0 radical (unpaired) electrons. The average Bonchev–Trinajstić information content (AvgIpc) is 2.70. The van der Waals surface area contributed by atoms with E-state index in [0.717, 1.165) is 11.3 Å². The number of hydrogen-bond acceptors (Lipinski definition) is 2. The highest BCUT2D eigenvalue weighted by atomic mass is 16.3. The van der Waals surface area contributed by atoms with Crippen molar-refractivity contribution in [2.75, 3.05) is 5.32 Å². The summed E-state index contributed by atoms with van der Waals surface area (Å²) in [6.45, 7) is 1.99. The highest BCUT2D eigenvalue weighted by Gasteiger charge is 2.05. The summed E-state index contributed by atoms with van der Waals surface area (Å²) < 4.78 is 5.10. The van der Waals surface area contributed by atoms with Crippen LogP contribution in [-0.4, -0.2) is 5.91 Å². The maximum atomic E-state index is 11.6. The van der Waals surface area contributed by atoms with Gasteiger partial charge in [0.1, 0.15) is 5.76 Å². The van der Waals surface area contributed by atoms with Crippen molar-refractivity contribution in [2.45, 2.75) is 13.3 Å². The van der Waals surface area contributed by atoms with E-state index >= 15 is 0 Å². The fraction of sp³-hybridized carbons (Fsp3) is 0.154. The molecule has 0 saturated heterocycles. The van der Waals surface area contributed by atoms with Gasteiger partial charge in [0, 0.05) is 5.69 Å². The molecule has 0 bridgehead atoms. The predicted octanol–water partition coefficient (Wildman–Crippen LogP) is 2.77. The largest absolute Gasteiger partial charge is 0.469 e. The first-order valence-electron chi connectivity index (χ1n) is 5.13. The SMILES string of the molecule is Cc1cccc(NC(=O)Cc2ccco2)c1. The molecule has 2 aromatic rings. The Kier molecular flexibility index (Phi) is 3.05. The van der Waals surface area contributed by atoms with Crippen molar-refractivity contribution in [1.82, 2.24) is 0 Å². The number of furan rings is 1. The average molecular weight is 215 g/mol. The van der Waals surface area contributed by atoms with Crippen LogP contribution in [0.25, 0.3) is 0 Å². The third-order valence-electron chi connectivity index (χ3n) is 2.22. The zero-order valence-electron chi connectivity index (χ0n) is 9.07. The van der Waals surface area contributed by atoms with Crippen LogP contribution < -0.4 is 5.32 Å². The Bertz CT molecular complexity index is 474. The molecule has 0 unspecified atom stereocenters. The van der Waals surface area contributed by atoms with Crippen molar-refractivity contribution in [3.63, 3.8) is 0 Å². The second-order valence-corrected chi connectivity index (χ2v) is 3.67. The molecule has 0 aliphatic heterocycles. The van der Waals surface area contributed by atoms with Gasteiger partial charge in [0.15, 0.2) is 0 Å². The van der Waals surface area contributed by atoms with E-state index in [1.54, 1.807) is 18.4 Å². The second-order valence-electron chi connectivity index (χ2n) is 3.67. The standard InChI is InChI=1S/C13H13NO2/c1-10-4-2-5-11(8-10)14-13(15)9-12-6-3-7-16-12/h2-8H,9H2,1H3,(H,14,15). The van der Waals surface area contributed by atoms with Crippen LogP contribution in [0, 0.1) is 6.92 Å². The number of amides is 1. The summed E-state index contributed by atoms with van der Waals surface area (Å²) in [4.78, 5) is 11.6. The minimum absolute atomic E-state index is 0.0689. The van der Waals surface area contributed by atoms with E-state index < -0.39 is 0 Å². The van der Waals surface area contributed by atoms with E-state index in [-0.39, 0.29) is 12.3 Å². The Morgan fingerprint density at radius 1 is 1.31 bits per heavy atom. The van der Waals surface area contributed by atoms with E-state index in [0.29, 0.717) is 5.76 Å². The number of carbonyl (C=O) groups excluding carboxylic acids is 1. The van der Waals surface area contributed by atoms with Crippen molar-refractivity contribution < 1.29 is 9.21 Å². The van der Waals surface area contributed by atoms with E-state index in [1.165, 1.54) is 0 Å². The summed E-state index contributed by atoms with van der Waals surface area (Å²) >= 11 is 0. The first kappa shape index (κ1) is 10.5. The lowest BCUT2D eigenvalue weighted by Gasteiger charge is -2.04. The van der Waals surface area contributed by atoms with Crippen molar-refractivity contribution >= 4 is 11.6 Å². The van der Waals surface area contributed by atoms with Crippen LogP contribution in [0.3, 0.4) is 0 Å². The van der Waals surface area contributed by atoms with Gasteiger partial charge in [-0.3, -0.25) is 4.79 Å². The van der Waals surface area contributed by atoms with Gasteiger partial charge in [0.05, 0.1) is 12.7 Å². The van der Waals surface area contributed by atoms with E-state index in [2.05, 4.69) is 5.32 Å². The maximum Gasteiger partial charge on any atom is 0.231 e. The summed E-state index contributed by atoms with van der Waals surface area (Å²) in [7, 11) is 0. The van der Waals surface area contributed by atoms with Crippen LogP contribution in [-0.2, 0) is 11.2 Å². The Balaban J connectivity index is 1.97. The van der Waals surface area contributed by atoms with Crippen molar-refractivity contribution in [1.29, 1.82) is 0 Å². The van der Waals surface area contributed by atoms with Crippen molar-refractivity contribution in [3.8, 4) is 0 Å². The number of rotatable bonds is 3. The smallest absolute Gasteiger partial charge is 0.231 e. The minimum atomic E-state index is -0.0689. The van der Waals surface area contributed by atoms with Crippen LogP contribution >= 0.6 is 0 Å². The zero-order chi connectivity index (χ0) is 11.4. The molecule has 0 aliphatic rings. The Morgan fingerprint density at radius 2 is 2.19 bits per heavy atom. The van der Waals surface area contributed by atoms with Crippen LogP contribution in [0.1, 0.15) is 11.3 Å². The topological polar surface area (TPSA) is 42.2 Å². The van der Waals surface area contributed by atoms with Gasteiger partial charge >= 0.3 is 0 Å². The molecule has 2 rings (SSSR count). The molecular weight excluding hydrogens is 202 g/mol. The van der Waals surface area contributed by atoms with Gasteiger partial charge in [-0.2, -0.15) is 0 Å². The maximum absolute atomic E-state index is 11.6. The van der Waals surface area contributed by atoms with Crippen LogP contribution in [0.5, 0.6) is 0 Å². The molecule has 0 fully saturated rings. The predicted molar refractivity (Wildman–Crippen MR) is 62.2 cm³/mol. The molecule has 0 saturated carbocycles. The highest BCUT2D eigenvalue weighted by molar-refractivity contribution is 5.91. The van der Waals surface area contributed by atoms with E-state index in [9.17, 15) is 4.79 Å². The van der Waals surface area contributed by atoms with Gasteiger partial charge in [-0.25, -0.2) is 0 Å². The molecule has 3 nitrogen and oxygen atoms in total. The third-order valence-corrected chi connectivity index (χ3v) is 2.22. The van der Waals surface area contributed by atoms with Crippen molar-refractivity contribution in [3.05, 3.63) is 54.0 Å². The molecule has 1 N–H and O–H groups in total. The molecule has 82 valence electrons. The van der Waals surface area contributed by atoms with Gasteiger partial charge in [0.2, 0.25) is 5.91 Å². The Labute approximate surface area is 94.1 Å². The summed E-state index contributed by atoms with van der Waals surface area (Å²) in [5, 5.41) is 2.82. The highest BCUT2D eigenvalue weighted by Crippen LogP contribution is 2.10. The summed E-state index contributed by atoms with van der Waals surface area (Å²) in [6, 6.07) is 11.3. The van der Waals surface area contributed by atoms with Crippen molar-refractivity contribution in [2.24, 2.45) is 0 Å². The summed E-state index contributed by atoms with van der Waals surface area (Å²) in [5.74, 6) is 0.603. The first-order chi connectivity index (χ1) is 7.74. The number of nitrogens with one attached hydrogen (secondary N) is 1. The third kappa shape index (κ3) is 2.73. The lowest BCUT2D eigenvalue weighted by Crippen LogP contribution is -2.13. The molecule has 3 heteroatoms. The van der Waals surface area contributed by atoms with Gasteiger partial charge in [-0.1, -0.05) is 12.1 Å². The fourth-order valence-electron chi connectivity index (χ4n) is 1.50. The molecule has 0 aliphatic carbocycles. The Hall–Kier alpha value is -2.03. The zero-order valence-corrected chi connectivity index (χ0v) is 9.07. The summed E-state index contributed by atoms with van der Waals surface area (Å²) in [5.41, 5.74) is 1.94. The minimum Gasteiger partial charge on any atom is -0.469 e. The molecule has 0 spiro atoms. The molecule has 1 aromatic heterocycles. The molecular formula is C13H13NO2. The van der Waals surface area contributed by atoms with Gasteiger partial charge in [0.25, 0.3) is 0 Å². The van der Waals surface area contributed by atoms with E-state index in [1.807, 2.05) is 31.2 Å². The normalized spacial score (nSPS) is 10.1. The van der Waals surface area contributed by atoms with Crippen LogP contribution in [0.15, 0.2) is 47.1 Å². The summed E-state index contributed by atoms with van der Waals surface area (Å²) in [6.07, 6.45) is 1.83. The lowest BCUT2D eigenvalue weighted by atomic mass is 10.2. The van der Waals surface area contributed by atoms with Gasteiger partial charge in [-0.05, 0) is 36.8 Å². The molecule has 0 atom stereocenters. The number of anilines is 1. The van der Waals surface area contributed by atoms with Crippen LogP contribution in [0.4, 0.5) is 5.69 Å². The second kappa shape index (κ2) is 4.66. The Morgan fingerprint density at radius 3 is 2.88 bits per heavy atom.